The van der Waals surface area contributed by atoms with Gasteiger partial charge in [0, 0.05) is 0 Å². The molecule has 1 aromatic heterocycles. The van der Waals surface area contributed by atoms with Crippen molar-refractivity contribution >= 4 is 0 Å². The zero-order valence-corrected chi connectivity index (χ0v) is 5.56. The van der Waals surface area contributed by atoms with Gasteiger partial charge in [0.05, 0.1) is 18.7 Å². The molecule has 0 bridgehead atoms. The summed E-state index contributed by atoms with van der Waals surface area (Å²) in [6, 6.07) is 0. The zero-order chi connectivity index (χ0) is 7.66. The molecule has 0 aliphatic rings. The van der Waals surface area contributed by atoms with E-state index in [0.29, 0.717) is 0 Å². The van der Waals surface area contributed by atoms with E-state index in [2.05, 4.69) is 27.3 Å². The molecule has 0 aliphatic heterocycles. The van der Waals surface area contributed by atoms with Gasteiger partial charge in [-0.15, -0.1) is 0 Å². The summed E-state index contributed by atoms with van der Waals surface area (Å²) < 4.78 is 8.83. The zero-order valence-electron chi connectivity index (χ0n) is 5.56. The standard InChI is InChI=1S/C4H6O.C3H3NO/c1-3-5-4-2;1-2-5-3-4-1/h3-4H,1-2H2;1-3H. The lowest BCUT2D eigenvalue weighted by Crippen LogP contribution is -1.52. The second-order valence-corrected chi connectivity index (χ2v) is 1.15. The van der Waals surface area contributed by atoms with Crippen molar-refractivity contribution in [1.82, 2.24) is 4.98 Å². The van der Waals surface area contributed by atoms with Crippen LogP contribution in [0.3, 0.4) is 0 Å². The van der Waals surface area contributed by atoms with Crippen LogP contribution in [-0.4, -0.2) is 4.98 Å². The smallest absolute Gasteiger partial charge is 0.180 e. The van der Waals surface area contributed by atoms with Crippen molar-refractivity contribution in [2.24, 2.45) is 0 Å². The van der Waals surface area contributed by atoms with Gasteiger partial charge < -0.3 is 9.15 Å². The van der Waals surface area contributed by atoms with E-state index in [-0.39, 0.29) is 0 Å². The summed E-state index contributed by atoms with van der Waals surface area (Å²) in [6.07, 6.45) is 7.10. The molecule has 1 aromatic rings. The number of ether oxygens (including phenoxy) is 1. The van der Waals surface area contributed by atoms with E-state index < -0.39 is 0 Å². The van der Waals surface area contributed by atoms with Crippen LogP contribution in [0.25, 0.3) is 0 Å². The number of nitrogens with zero attached hydrogens (tertiary/aromatic N) is 1. The number of aromatic nitrogens is 1. The third-order valence-corrected chi connectivity index (χ3v) is 0.540. The van der Waals surface area contributed by atoms with Crippen LogP contribution in [0.1, 0.15) is 0 Å². The molecule has 10 heavy (non-hydrogen) atoms. The molecule has 0 N–H and O–H groups in total. The Bertz CT molecular complexity index is 135. The molecule has 0 atom stereocenters. The number of oxazole rings is 1. The van der Waals surface area contributed by atoms with Gasteiger partial charge in [0.15, 0.2) is 6.39 Å². The Hall–Kier alpha value is -1.51. The van der Waals surface area contributed by atoms with Gasteiger partial charge in [0.2, 0.25) is 0 Å². The Morgan fingerprint density at radius 1 is 1.40 bits per heavy atom. The molecule has 0 amide bonds. The van der Waals surface area contributed by atoms with Gasteiger partial charge in [-0.25, -0.2) is 4.98 Å². The van der Waals surface area contributed by atoms with Gasteiger partial charge in [0.1, 0.15) is 6.26 Å². The molecule has 1 heterocycles. The molecule has 0 saturated carbocycles. The van der Waals surface area contributed by atoms with Crippen molar-refractivity contribution < 1.29 is 9.15 Å². The minimum absolute atomic E-state index is 1.31. The van der Waals surface area contributed by atoms with Crippen LogP contribution < -0.4 is 0 Å². The monoisotopic (exact) mass is 139 g/mol. The van der Waals surface area contributed by atoms with Gasteiger partial charge in [-0.1, -0.05) is 13.2 Å². The fourth-order valence-electron chi connectivity index (χ4n) is 0.244. The van der Waals surface area contributed by atoms with Crippen molar-refractivity contribution in [2.75, 3.05) is 0 Å². The molecule has 54 valence electrons. The average Bonchev–Trinajstić information content (AvgIpc) is 2.44. The highest BCUT2D eigenvalue weighted by molar-refractivity contribution is 4.57. The van der Waals surface area contributed by atoms with E-state index in [9.17, 15) is 0 Å². The average molecular weight is 139 g/mol. The van der Waals surface area contributed by atoms with E-state index in [4.69, 9.17) is 0 Å². The van der Waals surface area contributed by atoms with Crippen LogP contribution in [0.15, 0.2) is 49.0 Å². The predicted octanol–water partition coefficient (Wildman–Crippen LogP) is 1.96. The minimum Gasteiger partial charge on any atom is -0.474 e. The molecule has 0 unspecified atom stereocenters. The lowest BCUT2D eigenvalue weighted by molar-refractivity contribution is 0.406. The van der Waals surface area contributed by atoms with Crippen LogP contribution >= 0.6 is 0 Å². The third kappa shape index (κ3) is 6.49. The summed E-state index contributed by atoms with van der Waals surface area (Å²) in [5.41, 5.74) is 0. The summed E-state index contributed by atoms with van der Waals surface area (Å²) in [5, 5.41) is 0. The molecule has 0 spiro atoms. The van der Waals surface area contributed by atoms with Crippen molar-refractivity contribution in [3.05, 3.63) is 44.5 Å². The molecule has 0 aliphatic carbocycles. The Kier molecular flexibility index (Phi) is 6.36. The van der Waals surface area contributed by atoms with Crippen molar-refractivity contribution in [3.63, 3.8) is 0 Å². The van der Waals surface area contributed by atoms with E-state index in [0.717, 1.165) is 0 Å². The molecule has 1 rings (SSSR count). The first-order valence-electron chi connectivity index (χ1n) is 2.61. The van der Waals surface area contributed by atoms with Gasteiger partial charge in [0.25, 0.3) is 0 Å². The lowest BCUT2D eigenvalue weighted by atomic mass is 11.0. The highest BCUT2D eigenvalue weighted by atomic mass is 16.5. The molecular formula is C7H9NO2. The Morgan fingerprint density at radius 3 is 2.20 bits per heavy atom. The van der Waals surface area contributed by atoms with Gasteiger partial charge in [-0.2, -0.15) is 0 Å². The summed E-state index contributed by atoms with van der Waals surface area (Å²) >= 11 is 0. The van der Waals surface area contributed by atoms with E-state index in [1.165, 1.54) is 25.2 Å². The maximum absolute atomic E-state index is 4.47. The van der Waals surface area contributed by atoms with Gasteiger partial charge in [-0.05, 0) is 0 Å². The summed E-state index contributed by atoms with van der Waals surface area (Å²) in [7, 11) is 0. The molecule has 3 nitrogen and oxygen atoms in total. The Labute approximate surface area is 59.6 Å². The van der Waals surface area contributed by atoms with Crippen LogP contribution in [0.2, 0.25) is 0 Å². The van der Waals surface area contributed by atoms with E-state index in [1.807, 2.05) is 0 Å². The second-order valence-electron chi connectivity index (χ2n) is 1.15. The van der Waals surface area contributed by atoms with Gasteiger partial charge in [-0.3, -0.25) is 0 Å². The first kappa shape index (κ1) is 8.49. The van der Waals surface area contributed by atoms with Gasteiger partial charge >= 0.3 is 0 Å². The lowest BCUT2D eigenvalue weighted by Gasteiger charge is -1.76. The molecule has 3 heteroatoms. The second kappa shape index (κ2) is 7.49. The third-order valence-electron chi connectivity index (χ3n) is 0.540. The summed E-state index contributed by atoms with van der Waals surface area (Å²) in [5.74, 6) is 0. The van der Waals surface area contributed by atoms with Crippen molar-refractivity contribution in [2.45, 2.75) is 0 Å². The first-order chi connectivity index (χ1) is 4.91. The SMILES string of the molecule is C=COC=C.c1cocn1. The number of rotatable bonds is 2. The Morgan fingerprint density at radius 2 is 2.10 bits per heavy atom. The molecule has 0 fully saturated rings. The van der Waals surface area contributed by atoms with Crippen LogP contribution in [0.4, 0.5) is 0 Å². The fraction of sp³-hybridized carbons (Fsp3) is 0. The first-order valence-corrected chi connectivity index (χ1v) is 2.61. The van der Waals surface area contributed by atoms with Crippen LogP contribution in [0, 0.1) is 0 Å². The van der Waals surface area contributed by atoms with E-state index >= 15 is 0 Å². The largest absolute Gasteiger partial charge is 0.474 e. The maximum atomic E-state index is 4.47. The predicted molar refractivity (Wildman–Crippen MR) is 38.0 cm³/mol. The van der Waals surface area contributed by atoms with E-state index in [1.54, 1.807) is 6.20 Å². The topological polar surface area (TPSA) is 35.3 Å². The molecule has 0 saturated heterocycles. The maximum Gasteiger partial charge on any atom is 0.180 e. The quantitative estimate of drug-likeness (QED) is 0.587. The highest BCUT2D eigenvalue weighted by Gasteiger charge is 1.59. The minimum atomic E-state index is 1.31. The number of hydrogen-bond acceptors (Lipinski definition) is 3. The normalized spacial score (nSPS) is 6.80. The molecule has 0 radical (unpaired) electrons. The van der Waals surface area contributed by atoms with Crippen molar-refractivity contribution in [1.29, 1.82) is 0 Å². The van der Waals surface area contributed by atoms with Crippen LogP contribution in [-0.2, 0) is 4.74 Å². The van der Waals surface area contributed by atoms with Crippen molar-refractivity contribution in [3.8, 4) is 0 Å². The Balaban J connectivity index is 0.000000162. The molecule has 0 aromatic carbocycles. The highest BCUT2D eigenvalue weighted by Crippen LogP contribution is 1.72. The summed E-state index contributed by atoms with van der Waals surface area (Å²) in [4.78, 5) is 3.56. The fourth-order valence-corrected chi connectivity index (χ4v) is 0.244. The number of hydrogen-bond donors (Lipinski definition) is 0. The summed E-state index contributed by atoms with van der Waals surface area (Å²) in [6.45, 7) is 6.51. The molecular weight excluding hydrogens is 130 g/mol. The van der Waals surface area contributed by atoms with Crippen LogP contribution in [0.5, 0.6) is 0 Å².